The van der Waals surface area contributed by atoms with Gasteiger partial charge in [0.15, 0.2) is 0 Å². The molecular formula is C15H22F3N3. The second-order valence-corrected chi connectivity index (χ2v) is 5.79. The van der Waals surface area contributed by atoms with E-state index >= 15 is 0 Å². The lowest BCUT2D eigenvalue weighted by Crippen LogP contribution is -2.26. The standard InChI is InChI=1S/C15H22F3N3/c1-3-14(6-4-5-7-14)10-20-13-9-11(15(16,17)18)8-12(19-2)21-13/h8-9H,3-7,10H2,1-2H3,(H2,19,20,21). The lowest BCUT2D eigenvalue weighted by molar-refractivity contribution is -0.137. The summed E-state index contributed by atoms with van der Waals surface area (Å²) < 4.78 is 38.7. The quantitative estimate of drug-likeness (QED) is 0.839. The summed E-state index contributed by atoms with van der Waals surface area (Å²) in [7, 11) is 1.57. The van der Waals surface area contributed by atoms with Crippen LogP contribution in [0.15, 0.2) is 12.1 Å². The van der Waals surface area contributed by atoms with Crippen molar-refractivity contribution in [2.45, 2.75) is 45.2 Å². The molecule has 0 atom stereocenters. The zero-order chi connectivity index (χ0) is 15.5. The number of hydrogen-bond acceptors (Lipinski definition) is 3. The second kappa shape index (κ2) is 6.12. The van der Waals surface area contributed by atoms with Gasteiger partial charge >= 0.3 is 6.18 Å². The molecule has 1 aliphatic carbocycles. The average molecular weight is 301 g/mol. The van der Waals surface area contributed by atoms with E-state index in [9.17, 15) is 13.2 Å². The first kappa shape index (κ1) is 15.9. The molecular weight excluding hydrogens is 279 g/mol. The van der Waals surface area contributed by atoms with Crippen LogP contribution in [0.5, 0.6) is 0 Å². The van der Waals surface area contributed by atoms with Crippen LogP contribution < -0.4 is 10.6 Å². The smallest absolute Gasteiger partial charge is 0.373 e. The van der Waals surface area contributed by atoms with E-state index in [1.54, 1.807) is 7.05 Å². The molecule has 1 heterocycles. The number of halogens is 3. The van der Waals surface area contributed by atoms with Gasteiger partial charge in [0.05, 0.1) is 5.56 Å². The highest BCUT2D eigenvalue weighted by Crippen LogP contribution is 2.41. The van der Waals surface area contributed by atoms with Crippen molar-refractivity contribution in [2.24, 2.45) is 5.41 Å². The molecule has 2 N–H and O–H groups in total. The van der Waals surface area contributed by atoms with Crippen molar-refractivity contribution in [3.63, 3.8) is 0 Å². The summed E-state index contributed by atoms with van der Waals surface area (Å²) in [6, 6.07) is 2.11. The van der Waals surface area contributed by atoms with E-state index in [1.165, 1.54) is 12.8 Å². The molecule has 0 radical (unpaired) electrons. The van der Waals surface area contributed by atoms with Gasteiger partial charge in [0.1, 0.15) is 11.6 Å². The minimum atomic E-state index is -4.36. The molecule has 0 saturated heterocycles. The zero-order valence-electron chi connectivity index (χ0n) is 12.5. The van der Waals surface area contributed by atoms with E-state index in [4.69, 9.17) is 0 Å². The largest absolute Gasteiger partial charge is 0.416 e. The van der Waals surface area contributed by atoms with Crippen molar-refractivity contribution in [3.05, 3.63) is 17.7 Å². The lowest BCUT2D eigenvalue weighted by Gasteiger charge is -2.28. The summed E-state index contributed by atoms with van der Waals surface area (Å²) in [5.41, 5.74) is -0.475. The predicted octanol–water partition coefficient (Wildman–Crippen LogP) is 4.52. The Morgan fingerprint density at radius 3 is 2.33 bits per heavy atom. The Hall–Kier alpha value is -1.46. The lowest BCUT2D eigenvalue weighted by atomic mass is 9.83. The highest BCUT2D eigenvalue weighted by molar-refractivity contribution is 5.49. The normalized spacial score (nSPS) is 17.8. The fourth-order valence-corrected chi connectivity index (χ4v) is 2.97. The SMILES string of the molecule is CCC1(CNc2cc(C(F)(F)F)cc(NC)n2)CCCC1. The van der Waals surface area contributed by atoms with Crippen molar-refractivity contribution < 1.29 is 13.2 Å². The molecule has 21 heavy (non-hydrogen) atoms. The van der Waals surface area contributed by atoms with E-state index in [0.717, 1.165) is 31.4 Å². The van der Waals surface area contributed by atoms with Gasteiger partial charge in [-0.25, -0.2) is 4.98 Å². The molecule has 1 saturated carbocycles. The molecule has 118 valence electrons. The van der Waals surface area contributed by atoms with Gasteiger partial charge in [-0.15, -0.1) is 0 Å². The number of nitrogens with zero attached hydrogens (tertiary/aromatic N) is 1. The van der Waals surface area contributed by atoms with Gasteiger partial charge in [-0.1, -0.05) is 19.8 Å². The van der Waals surface area contributed by atoms with Crippen LogP contribution in [-0.4, -0.2) is 18.6 Å². The molecule has 0 spiro atoms. The molecule has 0 aliphatic heterocycles. The van der Waals surface area contributed by atoms with Crippen molar-refractivity contribution in [2.75, 3.05) is 24.2 Å². The van der Waals surface area contributed by atoms with Crippen LogP contribution in [0.2, 0.25) is 0 Å². The average Bonchev–Trinajstić information content (AvgIpc) is 2.93. The molecule has 1 aliphatic rings. The summed E-state index contributed by atoms with van der Waals surface area (Å²) in [6.45, 7) is 2.83. The van der Waals surface area contributed by atoms with Crippen LogP contribution in [0.25, 0.3) is 0 Å². The zero-order valence-corrected chi connectivity index (χ0v) is 12.5. The number of anilines is 2. The van der Waals surface area contributed by atoms with Crippen LogP contribution in [0, 0.1) is 5.41 Å². The topological polar surface area (TPSA) is 37.0 Å². The summed E-state index contributed by atoms with van der Waals surface area (Å²) in [5, 5.41) is 5.79. The molecule has 1 fully saturated rings. The number of aromatic nitrogens is 1. The van der Waals surface area contributed by atoms with Gasteiger partial charge in [0.25, 0.3) is 0 Å². The number of hydrogen-bond donors (Lipinski definition) is 2. The van der Waals surface area contributed by atoms with Gasteiger partial charge in [0.2, 0.25) is 0 Å². The van der Waals surface area contributed by atoms with Gasteiger partial charge in [-0.2, -0.15) is 13.2 Å². The molecule has 6 heteroatoms. The summed E-state index contributed by atoms with van der Waals surface area (Å²) in [6.07, 6.45) is 1.35. The van der Waals surface area contributed by atoms with Gasteiger partial charge < -0.3 is 10.6 Å². The minimum Gasteiger partial charge on any atom is -0.373 e. The Morgan fingerprint density at radius 1 is 1.19 bits per heavy atom. The highest BCUT2D eigenvalue weighted by Gasteiger charge is 2.33. The van der Waals surface area contributed by atoms with Crippen LogP contribution in [0.4, 0.5) is 24.8 Å². The van der Waals surface area contributed by atoms with Crippen molar-refractivity contribution in [1.29, 1.82) is 0 Å². The van der Waals surface area contributed by atoms with Crippen molar-refractivity contribution in [1.82, 2.24) is 4.98 Å². The van der Waals surface area contributed by atoms with E-state index in [2.05, 4.69) is 22.5 Å². The van der Waals surface area contributed by atoms with E-state index in [-0.39, 0.29) is 17.1 Å². The first-order valence-electron chi connectivity index (χ1n) is 7.39. The number of nitrogens with one attached hydrogen (secondary N) is 2. The van der Waals surface area contributed by atoms with Crippen molar-refractivity contribution >= 4 is 11.6 Å². The number of pyridine rings is 1. The Kier molecular flexibility index (Phi) is 4.64. The third-order valence-corrected chi connectivity index (χ3v) is 4.47. The maximum Gasteiger partial charge on any atom is 0.416 e. The molecule has 1 aromatic rings. The fraction of sp³-hybridized carbons (Fsp3) is 0.667. The minimum absolute atomic E-state index is 0.204. The first-order valence-corrected chi connectivity index (χ1v) is 7.39. The second-order valence-electron chi connectivity index (χ2n) is 5.79. The molecule has 2 rings (SSSR count). The Labute approximate surface area is 123 Å². The summed E-state index contributed by atoms with van der Waals surface area (Å²) >= 11 is 0. The fourth-order valence-electron chi connectivity index (χ4n) is 2.97. The molecule has 0 amide bonds. The molecule has 0 bridgehead atoms. The van der Waals surface area contributed by atoms with Gasteiger partial charge in [-0.05, 0) is 36.8 Å². The van der Waals surface area contributed by atoms with Crippen LogP contribution in [-0.2, 0) is 6.18 Å². The van der Waals surface area contributed by atoms with Gasteiger partial charge in [-0.3, -0.25) is 0 Å². The number of alkyl halides is 3. The Bertz CT molecular complexity index is 480. The van der Waals surface area contributed by atoms with Crippen LogP contribution in [0.3, 0.4) is 0 Å². The molecule has 0 aromatic carbocycles. The Balaban J connectivity index is 2.15. The van der Waals surface area contributed by atoms with E-state index in [0.29, 0.717) is 6.54 Å². The third kappa shape index (κ3) is 3.80. The third-order valence-electron chi connectivity index (χ3n) is 4.47. The van der Waals surface area contributed by atoms with Crippen LogP contribution in [0.1, 0.15) is 44.6 Å². The predicted molar refractivity (Wildman–Crippen MR) is 78.5 cm³/mol. The monoisotopic (exact) mass is 301 g/mol. The maximum absolute atomic E-state index is 12.9. The summed E-state index contributed by atoms with van der Waals surface area (Å²) in [4.78, 5) is 4.17. The van der Waals surface area contributed by atoms with E-state index in [1.807, 2.05) is 0 Å². The highest BCUT2D eigenvalue weighted by atomic mass is 19.4. The first-order chi connectivity index (χ1) is 9.88. The van der Waals surface area contributed by atoms with Crippen LogP contribution >= 0.6 is 0 Å². The molecule has 0 unspecified atom stereocenters. The van der Waals surface area contributed by atoms with E-state index < -0.39 is 11.7 Å². The summed E-state index contributed by atoms with van der Waals surface area (Å²) in [5.74, 6) is 0.512. The maximum atomic E-state index is 12.9. The van der Waals surface area contributed by atoms with Gasteiger partial charge in [0, 0.05) is 13.6 Å². The van der Waals surface area contributed by atoms with Crippen molar-refractivity contribution in [3.8, 4) is 0 Å². The number of rotatable bonds is 5. The molecule has 1 aromatic heterocycles. The Morgan fingerprint density at radius 2 is 1.81 bits per heavy atom. The molecule has 3 nitrogen and oxygen atoms in total.